The summed E-state index contributed by atoms with van der Waals surface area (Å²) in [6.07, 6.45) is 0. The Balaban J connectivity index is 2.03. The van der Waals surface area contributed by atoms with E-state index >= 15 is 0 Å². The van der Waals surface area contributed by atoms with Crippen LogP contribution < -0.4 is 4.90 Å². The highest BCUT2D eigenvalue weighted by Crippen LogP contribution is 2.35. The molecule has 1 saturated heterocycles. The third-order valence-electron chi connectivity index (χ3n) is 3.94. The fourth-order valence-corrected chi connectivity index (χ4v) is 3.02. The Hall–Kier alpha value is -2.74. The molecular weight excluding hydrogens is 350 g/mol. The standard InChI is InChI=1S/C16H14ClN3O5/c1-3-25-16(24)12-11-13(20(18-12)8(2)21)15(23)19(14(11)22)10-6-4-9(17)5-7-10/h4-7,11,13H,3H2,1-2H3/t11-,13+/m0/s1. The highest BCUT2D eigenvalue weighted by atomic mass is 35.5. The Morgan fingerprint density at radius 2 is 1.84 bits per heavy atom. The van der Waals surface area contributed by atoms with Gasteiger partial charge < -0.3 is 4.74 Å². The highest BCUT2D eigenvalue weighted by molar-refractivity contribution is 6.47. The van der Waals surface area contributed by atoms with Gasteiger partial charge in [-0.3, -0.25) is 14.4 Å². The van der Waals surface area contributed by atoms with Gasteiger partial charge in [-0.15, -0.1) is 0 Å². The molecule has 1 aromatic carbocycles. The molecule has 0 spiro atoms. The van der Waals surface area contributed by atoms with Crippen molar-refractivity contribution in [2.24, 2.45) is 11.0 Å². The fourth-order valence-electron chi connectivity index (χ4n) is 2.89. The van der Waals surface area contributed by atoms with Crippen LogP contribution in [0.5, 0.6) is 0 Å². The number of hydrogen-bond donors (Lipinski definition) is 0. The van der Waals surface area contributed by atoms with Crippen LogP contribution in [0.2, 0.25) is 5.02 Å². The number of hydrazone groups is 1. The third-order valence-corrected chi connectivity index (χ3v) is 4.19. The van der Waals surface area contributed by atoms with Gasteiger partial charge in [0.2, 0.25) is 11.8 Å². The van der Waals surface area contributed by atoms with Gasteiger partial charge in [0.25, 0.3) is 5.91 Å². The van der Waals surface area contributed by atoms with Gasteiger partial charge in [-0.1, -0.05) is 11.6 Å². The van der Waals surface area contributed by atoms with E-state index in [9.17, 15) is 19.2 Å². The summed E-state index contributed by atoms with van der Waals surface area (Å²) in [7, 11) is 0. The van der Waals surface area contributed by atoms with Crippen molar-refractivity contribution in [3.8, 4) is 0 Å². The first kappa shape index (κ1) is 17.1. The number of fused-ring (bicyclic) bond motifs is 1. The number of hydrogen-bond acceptors (Lipinski definition) is 6. The van der Waals surface area contributed by atoms with Gasteiger partial charge in [-0.25, -0.2) is 14.7 Å². The number of nitrogens with zero attached hydrogens (tertiary/aromatic N) is 3. The first-order valence-electron chi connectivity index (χ1n) is 7.55. The van der Waals surface area contributed by atoms with E-state index in [1.54, 1.807) is 6.92 Å². The van der Waals surface area contributed by atoms with Crippen LogP contribution in [0.15, 0.2) is 29.4 Å². The lowest BCUT2D eigenvalue weighted by molar-refractivity contribution is -0.136. The number of imide groups is 1. The lowest BCUT2D eigenvalue weighted by atomic mass is 9.98. The monoisotopic (exact) mass is 363 g/mol. The zero-order valence-corrected chi connectivity index (χ0v) is 14.2. The minimum absolute atomic E-state index is 0.0817. The zero-order chi connectivity index (χ0) is 18.3. The van der Waals surface area contributed by atoms with E-state index in [1.807, 2.05) is 0 Å². The normalized spacial score (nSPS) is 22.1. The molecule has 0 N–H and O–H groups in total. The SMILES string of the molecule is CCOC(=O)C1=NN(C(C)=O)[C@H]2C(=O)N(c3ccc(Cl)cc3)C(=O)[C@@H]12. The van der Waals surface area contributed by atoms with Crippen LogP contribution in [0.3, 0.4) is 0 Å². The van der Waals surface area contributed by atoms with Gasteiger partial charge in [0, 0.05) is 11.9 Å². The van der Waals surface area contributed by atoms with E-state index in [1.165, 1.54) is 31.2 Å². The Morgan fingerprint density at radius 1 is 1.20 bits per heavy atom. The molecule has 0 bridgehead atoms. The molecule has 25 heavy (non-hydrogen) atoms. The molecule has 3 amide bonds. The summed E-state index contributed by atoms with van der Waals surface area (Å²) >= 11 is 5.83. The van der Waals surface area contributed by atoms with Crippen molar-refractivity contribution in [3.63, 3.8) is 0 Å². The summed E-state index contributed by atoms with van der Waals surface area (Å²) in [5.41, 5.74) is 0.0670. The maximum Gasteiger partial charge on any atom is 0.355 e. The van der Waals surface area contributed by atoms with Gasteiger partial charge in [-0.2, -0.15) is 5.10 Å². The predicted molar refractivity (Wildman–Crippen MR) is 87.8 cm³/mol. The largest absolute Gasteiger partial charge is 0.461 e. The topological polar surface area (TPSA) is 96.3 Å². The van der Waals surface area contributed by atoms with Gasteiger partial charge in [0.05, 0.1) is 12.3 Å². The first-order chi connectivity index (χ1) is 11.9. The van der Waals surface area contributed by atoms with Crippen molar-refractivity contribution < 1.29 is 23.9 Å². The van der Waals surface area contributed by atoms with E-state index in [-0.39, 0.29) is 12.3 Å². The highest BCUT2D eigenvalue weighted by Gasteiger charge is 2.59. The van der Waals surface area contributed by atoms with Crippen molar-refractivity contribution in [3.05, 3.63) is 29.3 Å². The molecule has 0 aromatic heterocycles. The lowest BCUT2D eigenvalue weighted by Gasteiger charge is -2.19. The van der Waals surface area contributed by atoms with E-state index in [0.717, 1.165) is 9.91 Å². The van der Waals surface area contributed by atoms with Gasteiger partial charge in [0.1, 0.15) is 5.92 Å². The molecule has 1 fully saturated rings. The molecule has 3 rings (SSSR count). The number of anilines is 1. The Bertz CT molecular complexity index is 804. The van der Waals surface area contributed by atoms with Crippen LogP contribution in [-0.4, -0.2) is 47.1 Å². The van der Waals surface area contributed by atoms with Gasteiger partial charge in [-0.05, 0) is 31.2 Å². The average Bonchev–Trinajstić information content (AvgIpc) is 3.07. The number of carbonyl (C=O) groups excluding carboxylic acids is 4. The van der Waals surface area contributed by atoms with Crippen molar-refractivity contribution in [2.45, 2.75) is 19.9 Å². The van der Waals surface area contributed by atoms with E-state index in [4.69, 9.17) is 16.3 Å². The van der Waals surface area contributed by atoms with Gasteiger partial charge in [0.15, 0.2) is 11.8 Å². The molecule has 0 unspecified atom stereocenters. The Kier molecular flexibility index (Phi) is 4.30. The maximum absolute atomic E-state index is 12.8. The maximum atomic E-state index is 12.8. The second-order valence-corrected chi connectivity index (χ2v) is 5.92. The molecule has 9 heteroatoms. The molecule has 2 aliphatic rings. The second-order valence-electron chi connectivity index (χ2n) is 5.48. The molecule has 0 radical (unpaired) electrons. The predicted octanol–water partition coefficient (Wildman–Crippen LogP) is 0.979. The number of ether oxygens (including phenoxy) is 1. The quantitative estimate of drug-likeness (QED) is 0.589. The van der Waals surface area contributed by atoms with Crippen LogP contribution in [0.25, 0.3) is 0 Å². The summed E-state index contributed by atoms with van der Waals surface area (Å²) in [6, 6.07) is 4.92. The van der Waals surface area contributed by atoms with E-state index in [0.29, 0.717) is 10.7 Å². The summed E-state index contributed by atoms with van der Waals surface area (Å²) in [5.74, 6) is -3.80. The lowest BCUT2D eigenvalue weighted by Crippen LogP contribution is -2.41. The number of amides is 3. The Labute approximate surface area is 148 Å². The molecule has 2 heterocycles. The van der Waals surface area contributed by atoms with E-state index < -0.39 is 35.7 Å². The van der Waals surface area contributed by atoms with E-state index in [2.05, 4.69) is 5.10 Å². The molecule has 8 nitrogen and oxygen atoms in total. The first-order valence-corrected chi connectivity index (χ1v) is 7.93. The minimum atomic E-state index is -1.18. The molecule has 0 saturated carbocycles. The van der Waals surface area contributed by atoms with Crippen molar-refractivity contribution >= 4 is 46.7 Å². The fraction of sp³-hybridized carbons (Fsp3) is 0.312. The number of halogens is 1. The molecule has 130 valence electrons. The molecule has 2 aliphatic heterocycles. The minimum Gasteiger partial charge on any atom is -0.461 e. The summed E-state index contributed by atoms with van der Waals surface area (Å²) in [5, 5.41) is 5.18. The van der Waals surface area contributed by atoms with Crippen LogP contribution in [0, 0.1) is 5.92 Å². The average molecular weight is 364 g/mol. The van der Waals surface area contributed by atoms with Crippen molar-refractivity contribution in [1.29, 1.82) is 0 Å². The number of carbonyl (C=O) groups is 4. The number of esters is 1. The Morgan fingerprint density at radius 3 is 2.40 bits per heavy atom. The summed E-state index contributed by atoms with van der Waals surface area (Å²) < 4.78 is 4.90. The summed E-state index contributed by atoms with van der Waals surface area (Å²) in [4.78, 5) is 50.5. The van der Waals surface area contributed by atoms with Crippen molar-refractivity contribution in [2.75, 3.05) is 11.5 Å². The molecule has 2 atom stereocenters. The zero-order valence-electron chi connectivity index (χ0n) is 13.4. The second kappa shape index (κ2) is 6.29. The molecule has 1 aromatic rings. The van der Waals surface area contributed by atoms with Crippen LogP contribution in [0.1, 0.15) is 13.8 Å². The van der Waals surface area contributed by atoms with Crippen molar-refractivity contribution in [1.82, 2.24) is 5.01 Å². The van der Waals surface area contributed by atoms with Crippen LogP contribution >= 0.6 is 11.6 Å². The number of benzene rings is 1. The molecule has 0 aliphatic carbocycles. The van der Waals surface area contributed by atoms with Gasteiger partial charge >= 0.3 is 5.97 Å². The summed E-state index contributed by atoms with van der Waals surface area (Å²) in [6.45, 7) is 2.89. The third kappa shape index (κ3) is 2.68. The number of rotatable bonds is 3. The molecular formula is C16H14ClN3O5. The smallest absolute Gasteiger partial charge is 0.355 e. The van der Waals surface area contributed by atoms with Crippen LogP contribution in [0.4, 0.5) is 5.69 Å². The van der Waals surface area contributed by atoms with Crippen LogP contribution in [-0.2, 0) is 23.9 Å².